The molecular formula is C22H28N6O2. The number of nitrogens with zero attached hydrogens (tertiary/aromatic N) is 4. The van der Waals surface area contributed by atoms with Gasteiger partial charge < -0.3 is 25.5 Å². The summed E-state index contributed by atoms with van der Waals surface area (Å²) in [4.78, 5) is 25.9. The minimum atomic E-state index is -0.425. The number of carbonyl (C=O) groups excluding carboxylic acids is 1. The first-order valence-corrected chi connectivity index (χ1v) is 10.2. The molecule has 1 aromatic heterocycles. The van der Waals surface area contributed by atoms with Gasteiger partial charge in [0.25, 0.3) is 5.91 Å². The van der Waals surface area contributed by atoms with E-state index < -0.39 is 5.91 Å². The Hall–Kier alpha value is -3.13. The third-order valence-corrected chi connectivity index (χ3v) is 5.91. The van der Waals surface area contributed by atoms with Gasteiger partial charge in [0, 0.05) is 38.3 Å². The largest absolute Gasteiger partial charge is 0.506 e. The molecule has 2 aliphatic rings. The fraction of sp³-hybridized carbons (Fsp3) is 0.409. The molecule has 1 aromatic carbocycles. The molecule has 4 rings (SSSR count). The number of aromatic nitrogens is 2. The summed E-state index contributed by atoms with van der Waals surface area (Å²) in [6, 6.07) is 3.17. The zero-order valence-corrected chi connectivity index (χ0v) is 17.5. The van der Waals surface area contributed by atoms with Crippen molar-refractivity contribution in [2.24, 2.45) is 5.41 Å². The fourth-order valence-electron chi connectivity index (χ4n) is 4.46. The van der Waals surface area contributed by atoms with E-state index in [2.05, 4.69) is 44.0 Å². The summed E-state index contributed by atoms with van der Waals surface area (Å²) in [6.45, 7) is 8.14. The van der Waals surface area contributed by atoms with Crippen LogP contribution in [0.3, 0.4) is 0 Å². The van der Waals surface area contributed by atoms with Crippen molar-refractivity contribution in [2.45, 2.75) is 12.8 Å². The van der Waals surface area contributed by atoms with E-state index in [-0.39, 0.29) is 11.4 Å². The van der Waals surface area contributed by atoms with Crippen LogP contribution in [0.15, 0.2) is 24.5 Å². The molecule has 3 heterocycles. The van der Waals surface area contributed by atoms with Crippen molar-refractivity contribution < 1.29 is 9.90 Å². The van der Waals surface area contributed by atoms with Gasteiger partial charge in [-0.3, -0.25) is 4.79 Å². The maximum Gasteiger partial charge on any atom is 0.275 e. The van der Waals surface area contributed by atoms with Gasteiger partial charge in [-0.2, -0.15) is 0 Å². The first-order valence-electron chi connectivity index (χ1n) is 10.2. The van der Waals surface area contributed by atoms with E-state index >= 15 is 0 Å². The van der Waals surface area contributed by atoms with E-state index in [1.165, 1.54) is 31.6 Å². The number of piperidine rings is 1. The number of aromatic hydroxyl groups is 1. The summed E-state index contributed by atoms with van der Waals surface area (Å²) >= 11 is 0. The number of rotatable bonds is 4. The lowest BCUT2D eigenvalue weighted by Gasteiger charge is -2.54. The summed E-state index contributed by atoms with van der Waals surface area (Å²) in [6.07, 6.45) is 7.37. The Bertz CT molecular complexity index is 1050. The van der Waals surface area contributed by atoms with E-state index in [0.29, 0.717) is 16.3 Å². The quantitative estimate of drug-likeness (QED) is 0.628. The Morgan fingerprint density at radius 1 is 1.27 bits per heavy atom. The molecule has 0 unspecified atom stereocenters. The van der Waals surface area contributed by atoms with E-state index in [4.69, 9.17) is 0 Å². The lowest BCUT2D eigenvalue weighted by molar-refractivity contribution is 0.0777. The molecule has 3 N–H and O–H groups in total. The van der Waals surface area contributed by atoms with Crippen LogP contribution in [-0.4, -0.2) is 66.2 Å². The molecule has 0 bridgehead atoms. The molecule has 0 aliphatic carbocycles. The Balaban J connectivity index is 1.43. The van der Waals surface area contributed by atoms with Gasteiger partial charge in [0.05, 0.1) is 18.1 Å². The van der Waals surface area contributed by atoms with Crippen LogP contribution in [-0.2, 0) is 0 Å². The summed E-state index contributed by atoms with van der Waals surface area (Å²) in [5, 5.41) is 17.2. The average Bonchev–Trinajstić information content (AvgIpc) is 2.70. The maximum atomic E-state index is 12.6. The zero-order chi connectivity index (χ0) is 21.3. The zero-order valence-electron chi connectivity index (χ0n) is 17.5. The third kappa shape index (κ3) is 3.95. The Labute approximate surface area is 175 Å². The van der Waals surface area contributed by atoms with Crippen LogP contribution in [0.5, 0.6) is 5.75 Å². The van der Waals surface area contributed by atoms with Crippen molar-refractivity contribution in [1.29, 1.82) is 0 Å². The molecule has 0 atom stereocenters. The predicted molar refractivity (Wildman–Crippen MR) is 118 cm³/mol. The van der Waals surface area contributed by atoms with Crippen molar-refractivity contribution >= 4 is 30.2 Å². The molecule has 158 valence electrons. The number of phenolic OH excluding ortho intramolecular Hbond substituents is 1. The van der Waals surface area contributed by atoms with Crippen LogP contribution in [0.4, 0.5) is 11.5 Å². The predicted octanol–water partition coefficient (Wildman–Crippen LogP) is 0.334. The Morgan fingerprint density at radius 3 is 2.73 bits per heavy atom. The lowest BCUT2D eigenvalue weighted by Crippen LogP contribution is -2.62. The summed E-state index contributed by atoms with van der Waals surface area (Å²) in [5.74, 6) is 0.320. The molecule has 0 radical (unpaired) electrons. The summed E-state index contributed by atoms with van der Waals surface area (Å²) in [5.41, 5.74) is 0.861. The van der Waals surface area contributed by atoms with E-state index in [0.717, 1.165) is 30.7 Å². The van der Waals surface area contributed by atoms with Crippen molar-refractivity contribution in [3.63, 3.8) is 0 Å². The van der Waals surface area contributed by atoms with E-state index in [1.807, 2.05) is 0 Å². The van der Waals surface area contributed by atoms with Crippen molar-refractivity contribution in [1.82, 2.24) is 20.2 Å². The molecule has 1 amide bonds. The van der Waals surface area contributed by atoms with Gasteiger partial charge in [-0.25, -0.2) is 9.97 Å². The topological polar surface area (TPSA) is 93.6 Å². The van der Waals surface area contributed by atoms with Crippen LogP contribution in [0.1, 0.15) is 23.3 Å². The van der Waals surface area contributed by atoms with Crippen LogP contribution in [0, 0.1) is 5.41 Å². The van der Waals surface area contributed by atoms with Gasteiger partial charge >= 0.3 is 0 Å². The van der Waals surface area contributed by atoms with Crippen LogP contribution in [0.25, 0.3) is 12.8 Å². The first-order chi connectivity index (χ1) is 14.4. The van der Waals surface area contributed by atoms with Crippen LogP contribution >= 0.6 is 0 Å². The molecule has 8 heteroatoms. The number of likely N-dealkylation sites (tertiary alicyclic amines) is 1. The maximum absolute atomic E-state index is 12.6. The average molecular weight is 409 g/mol. The SMILES string of the molecule is C=c1cc(O)c(NC(=O)c2cnc(N3CC4(CCCN(C)C4)C3)cn2)c/c1=C/NC. The molecule has 0 saturated carbocycles. The smallest absolute Gasteiger partial charge is 0.275 e. The molecule has 30 heavy (non-hydrogen) atoms. The van der Waals surface area contributed by atoms with Crippen LogP contribution in [0.2, 0.25) is 0 Å². The summed E-state index contributed by atoms with van der Waals surface area (Å²) < 4.78 is 0. The molecule has 2 aromatic rings. The normalized spacial score (nSPS) is 18.9. The van der Waals surface area contributed by atoms with E-state index in [1.54, 1.807) is 25.5 Å². The highest BCUT2D eigenvalue weighted by Crippen LogP contribution is 2.40. The molecule has 8 nitrogen and oxygen atoms in total. The van der Waals surface area contributed by atoms with E-state index in [9.17, 15) is 9.90 Å². The highest BCUT2D eigenvalue weighted by Gasteiger charge is 2.45. The fourth-order valence-corrected chi connectivity index (χ4v) is 4.46. The van der Waals surface area contributed by atoms with Crippen LogP contribution < -0.4 is 26.0 Å². The minimum Gasteiger partial charge on any atom is -0.506 e. The molecule has 1 spiro atoms. The van der Waals surface area contributed by atoms with Crippen molar-refractivity contribution in [2.75, 3.05) is 50.5 Å². The Morgan fingerprint density at radius 2 is 2.07 bits per heavy atom. The number of phenols is 1. The second-order valence-electron chi connectivity index (χ2n) is 8.41. The number of benzene rings is 1. The lowest BCUT2D eigenvalue weighted by atomic mass is 9.73. The number of hydrogen-bond donors (Lipinski definition) is 3. The third-order valence-electron chi connectivity index (χ3n) is 5.91. The van der Waals surface area contributed by atoms with Crippen molar-refractivity contribution in [3.05, 3.63) is 40.7 Å². The number of anilines is 2. The number of nitrogens with one attached hydrogen (secondary N) is 2. The van der Waals surface area contributed by atoms with Gasteiger partial charge in [-0.15, -0.1) is 0 Å². The number of hydrogen-bond acceptors (Lipinski definition) is 7. The molecular weight excluding hydrogens is 380 g/mol. The second kappa shape index (κ2) is 7.95. The number of amides is 1. The van der Waals surface area contributed by atoms with Gasteiger partial charge in [-0.1, -0.05) is 6.58 Å². The highest BCUT2D eigenvalue weighted by molar-refractivity contribution is 6.03. The highest BCUT2D eigenvalue weighted by atomic mass is 16.3. The first kappa shape index (κ1) is 20.2. The molecule has 2 fully saturated rings. The molecule has 2 saturated heterocycles. The number of carbonyl (C=O) groups is 1. The Kier molecular flexibility index (Phi) is 5.34. The molecule has 2 aliphatic heterocycles. The summed E-state index contributed by atoms with van der Waals surface area (Å²) in [7, 11) is 3.95. The van der Waals surface area contributed by atoms with Gasteiger partial charge in [0.2, 0.25) is 0 Å². The van der Waals surface area contributed by atoms with Gasteiger partial charge in [0.1, 0.15) is 17.3 Å². The van der Waals surface area contributed by atoms with Gasteiger partial charge in [0.15, 0.2) is 0 Å². The van der Waals surface area contributed by atoms with Crippen molar-refractivity contribution in [3.8, 4) is 5.75 Å². The van der Waals surface area contributed by atoms with Gasteiger partial charge in [-0.05, 0) is 49.0 Å². The standard InChI is InChI=1S/C22H28N6O2/c1-15-7-19(29)17(8-16(15)9-23-2)26-21(30)18-10-25-20(11-24-18)28-13-22(14-28)5-4-6-27(3)12-22/h7-11,23,29H,1,4-6,12-14H2,2-3H3,(H,26,30)/b16-9-. The monoisotopic (exact) mass is 408 g/mol. The minimum absolute atomic E-state index is 0.0468. The second-order valence-corrected chi connectivity index (χ2v) is 8.41.